The molecule has 1 N–H and O–H groups in total. The SMILES string of the molecule is N#Cc1ccc2c(C=O)c(C(=O)O)n(Cc3cccc4ccccc34)c2c1. The quantitative estimate of drug-likeness (QED) is 0.556. The van der Waals surface area contributed by atoms with Crippen LogP contribution in [0.25, 0.3) is 21.7 Å². The summed E-state index contributed by atoms with van der Waals surface area (Å²) in [5.41, 5.74) is 1.97. The van der Waals surface area contributed by atoms with Crippen molar-refractivity contribution >= 4 is 33.9 Å². The summed E-state index contributed by atoms with van der Waals surface area (Å²) in [5.74, 6) is -1.17. The van der Waals surface area contributed by atoms with E-state index < -0.39 is 5.97 Å². The molecule has 0 amide bonds. The lowest BCUT2D eigenvalue weighted by molar-refractivity contribution is 0.0683. The minimum absolute atomic E-state index is 0.0666. The Morgan fingerprint density at radius 3 is 2.59 bits per heavy atom. The molecule has 0 saturated heterocycles. The third kappa shape index (κ3) is 2.64. The second-order valence-corrected chi connectivity index (χ2v) is 6.25. The van der Waals surface area contributed by atoms with Gasteiger partial charge in [0, 0.05) is 11.9 Å². The number of aldehydes is 1. The highest BCUT2D eigenvalue weighted by Crippen LogP contribution is 2.29. The lowest BCUT2D eigenvalue weighted by Crippen LogP contribution is -2.11. The molecule has 0 spiro atoms. The molecule has 0 aliphatic rings. The number of benzene rings is 3. The normalized spacial score (nSPS) is 10.8. The standard InChI is InChI=1S/C22H14N2O3/c23-11-14-8-9-18-19(13-25)21(22(26)27)24(20(18)10-14)12-16-6-3-5-15-4-1-2-7-17(15)16/h1-10,13H,12H2,(H,26,27). The smallest absolute Gasteiger partial charge is 0.353 e. The maximum absolute atomic E-state index is 11.9. The Morgan fingerprint density at radius 1 is 1.07 bits per heavy atom. The van der Waals surface area contributed by atoms with E-state index in [1.165, 1.54) is 0 Å². The van der Waals surface area contributed by atoms with Crippen LogP contribution in [0.5, 0.6) is 0 Å². The van der Waals surface area contributed by atoms with Gasteiger partial charge in [0.1, 0.15) is 5.69 Å². The molecule has 27 heavy (non-hydrogen) atoms. The molecular formula is C22H14N2O3. The molecule has 0 unspecified atom stereocenters. The molecule has 130 valence electrons. The number of carboxylic acids is 1. The number of nitriles is 1. The zero-order valence-corrected chi connectivity index (χ0v) is 14.2. The Morgan fingerprint density at radius 2 is 1.85 bits per heavy atom. The number of carbonyl (C=O) groups excluding carboxylic acids is 1. The molecule has 0 atom stereocenters. The first kappa shape index (κ1) is 16.6. The van der Waals surface area contributed by atoms with Crippen LogP contribution in [0.15, 0.2) is 60.7 Å². The first-order valence-corrected chi connectivity index (χ1v) is 8.35. The number of nitrogens with zero attached hydrogens (tertiary/aromatic N) is 2. The summed E-state index contributed by atoms with van der Waals surface area (Å²) in [6, 6.07) is 20.6. The molecule has 0 fully saturated rings. The van der Waals surface area contributed by atoms with E-state index in [0.29, 0.717) is 22.8 Å². The maximum atomic E-state index is 11.9. The van der Waals surface area contributed by atoms with Crippen LogP contribution in [0, 0.1) is 11.3 Å². The molecule has 5 nitrogen and oxygen atoms in total. The lowest BCUT2D eigenvalue weighted by Gasteiger charge is -2.11. The highest BCUT2D eigenvalue weighted by molar-refractivity contribution is 6.08. The van der Waals surface area contributed by atoms with E-state index in [9.17, 15) is 20.0 Å². The monoisotopic (exact) mass is 354 g/mol. The van der Waals surface area contributed by atoms with Crippen molar-refractivity contribution in [3.63, 3.8) is 0 Å². The predicted molar refractivity (Wildman–Crippen MR) is 102 cm³/mol. The third-order valence-electron chi connectivity index (χ3n) is 4.76. The van der Waals surface area contributed by atoms with E-state index in [1.807, 2.05) is 42.5 Å². The summed E-state index contributed by atoms with van der Waals surface area (Å²) < 4.78 is 1.60. The van der Waals surface area contributed by atoms with Gasteiger partial charge in [0.15, 0.2) is 6.29 Å². The molecule has 1 aromatic heterocycles. The zero-order chi connectivity index (χ0) is 19.0. The van der Waals surface area contributed by atoms with E-state index in [2.05, 4.69) is 6.07 Å². The summed E-state index contributed by atoms with van der Waals surface area (Å²) in [6.45, 7) is 0.280. The number of hydrogen-bond donors (Lipinski definition) is 1. The molecule has 0 radical (unpaired) electrons. The van der Waals surface area contributed by atoms with Crippen LogP contribution in [-0.2, 0) is 6.54 Å². The van der Waals surface area contributed by atoms with Gasteiger partial charge in [-0.15, -0.1) is 0 Å². The van der Waals surface area contributed by atoms with Crippen molar-refractivity contribution in [3.8, 4) is 6.07 Å². The van der Waals surface area contributed by atoms with Crippen LogP contribution in [0.1, 0.15) is 32.0 Å². The maximum Gasteiger partial charge on any atom is 0.353 e. The van der Waals surface area contributed by atoms with Crippen molar-refractivity contribution in [1.29, 1.82) is 5.26 Å². The van der Waals surface area contributed by atoms with Crippen molar-refractivity contribution < 1.29 is 14.7 Å². The summed E-state index contributed by atoms with van der Waals surface area (Å²) in [7, 11) is 0. The van der Waals surface area contributed by atoms with Crippen molar-refractivity contribution in [3.05, 3.63) is 83.0 Å². The number of hydrogen-bond acceptors (Lipinski definition) is 3. The third-order valence-corrected chi connectivity index (χ3v) is 4.76. The summed E-state index contributed by atoms with van der Waals surface area (Å²) in [4.78, 5) is 23.6. The second kappa shape index (κ2) is 6.43. The van der Waals surface area contributed by atoms with Gasteiger partial charge in [-0.25, -0.2) is 4.79 Å². The van der Waals surface area contributed by atoms with Gasteiger partial charge in [-0.1, -0.05) is 48.5 Å². The van der Waals surface area contributed by atoms with E-state index in [0.717, 1.165) is 16.3 Å². The lowest BCUT2D eigenvalue weighted by atomic mass is 10.0. The molecular weight excluding hydrogens is 340 g/mol. The number of aromatic carboxylic acids is 1. The van der Waals surface area contributed by atoms with E-state index >= 15 is 0 Å². The first-order chi connectivity index (χ1) is 13.1. The molecule has 5 heteroatoms. The number of rotatable bonds is 4. The van der Waals surface area contributed by atoms with Crippen LogP contribution < -0.4 is 0 Å². The molecule has 0 saturated carbocycles. The molecule has 3 aromatic carbocycles. The highest BCUT2D eigenvalue weighted by atomic mass is 16.4. The molecule has 1 heterocycles. The Kier molecular flexibility index (Phi) is 3.94. The highest BCUT2D eigenvalue weighted by Gasteiger charge is 2.22. The van der Waals surface area contributed by atoms with E-state index in [-0.39, 0.29) is 17.8 Å². The van der Waals surface area contributed by atoms with Crippen molar-refractivity contribution in [2.24, 2.45) is 0 Å². The van der Waals surface area contributed by atoms with Crippen molar-refractivity contribution in [2.75, 3.05) is 0 Å². The van der Waals surface area contributed by atoms with E-state index in [1.54, 1.807) is 22.8 Å². The molecule has 4 rings (SSSR count). The largest absolute Gasteiger partial charge is 0.477 e. The Balaban J connectivity index is 2.02. The fourth-order valence-electron chi connectivity index (χ4n) is 3.56. The predicted octanol–water partition coefficient (Wildman–Crippen LogP) is 4.23. The van der Waals surface area contributed by atoms with Gasteiger partial charge in [-0.3, -0.25) is 4.79 Å². The van der Waals surface area contributed by atoms with Crippen molar-refractivity contribution in [1.82, 2.24) is 4.57 Å². The van der Waals surface area contributed by atoms with Crippen LogP contribution in [0.4, 0.5) is 0 Å². The van der Waals surface area contributed by atoms with Gasteiger partial charge in [0.2, 0.25) is 0 Å². The average Bonchev–Trinajstić information content (AvgIpc) is 3.01. The molecule has 0 aliphatic heterocycles. The van der Waals surface area contributed by atoms with Gasteiger partial charge >= 0.3 is 5.97 Å². The Bertz CT molecular complexity index is 1260. The first-order valence-electron chi connectivity index (χ1n) is 8.35. The average molecular weight is 354 g/mol. The summed E-state index contributed by atoms with van der Waals surface area (Å²) >= 11 is 0. The number of carboxylic acid groups (broad SMARTS) is 1. The topological polar surface area (TPSA) is 83.1 Å². The number of aromatic nitrogens is 1. The van der Waals surface area contributed by atoms with Gasteiger partial charge in [-0.05, 0) is 28.5 Å². The van der Waals surface area contributed by atoms with Gasteiger partial charge in [0.25, 0.3) is 0 Å². The van der Waals surface area contributed by atoms with Gasteiger partial charge < -0.3 is 9.67 Å². The molecule has 0 aliphatic carbocycles. The van der Waals surface area contributed by atoms with Crippen LogP contribution in [0.2, 0.25) is 0 Å². The van der Waals surface area contributed by atoms with E-state index in [4.69, 9.17) is 0 Å². The van der Waals surface area contributed by atoms with Crippen molar-refractivity contribution in [2.45, 2.75) is 6.54 Å². The number of carbonyl (C=O) groups is 2. The van der Waals surface area contributed by atoms with Crippen LogP contribution in [0.3, 0.4) is 0 Å². The van der Waals surface area contributed by atoms with Crippen LogP contribution >= 0.6 is 0 Å². The van der Waals surface area contributed by atoms with Crippen LogP contribution in [-0.4, -0.2) is 21.9 Å². The van der Waals surface area contributed by atoms with Gasteiger partial charge in [0.05, 0.1) is 22.7 Å². The zero-order valence-electron chi connectivity index (χ0n) is 14.2. The fourth-order valence-corrected chi connectivity index (χ4v) is 3.56. The van der Waals surface area contributed by atoms with Gasteiger partial charge in [-0.2, -0.15) is 5.26 Å². The summed E-state index contributed by atoms with van der Waals surface area (Å²) in [5, 5.41) is 21.6. The second-order valence-electron chi connectivity index (χ2n) is 6.25. The summed E-state index contributed by atoms with van der Waals surface area (Å²) in [6.07, 6.45) is 0.567. The minimum atomic E-state index is -1.17. The molecule has 4 aromatic rings. The number of fused-ring (bicyclic) bond motifs is 2. The minimum Gasteiger partial charge on any atom is -0.477 e. The fraction of sp³-hybridized carbons (Fsp3) is 0.0455. The Hall–Kier alpha value is -3.91. The molecule has 0 bridgehead atoms. The Labute approximate surface area is 154 Å².